The van der Waals surface area contributed by atoms with Crippen molar-refractivity contribution in [2.75, 3.05) is 0 Å². The van der Waals surface area contributed by atoms with E-state index in [1.165, 1.54) is 11.8 Å². The highest BCUT2D eigenvalue weighted by Crippen LogP contribution is 2.37. The van der Waals surface area contributed by atoms with Gasteiger partial charge in [-0.15, -0.1) is 0 Å². The molecule has 0 saturated carbocycles. The van der Waals surface area contributed by atoms with Crippen molar-refractivity contribution in [1.82, 2.24) is 10.2 Å². The van der Waals surface area contributed by atoms with Crippen LogP contribution in [0.2, 0.25) is 0 Å². The first-order valence-electron chi connectivity index (χ1n) is 10.1. The zero-order valence-corrected chi connectivity index (χ0v) is 18.4. The number of carbonyl (C=O) groups is 3. The minimum atomic E-state index is -1.25. The fourth-order valence-corrected chi connectivity index (χ4v) is 4.42. The Labute approximate surface area is 191 Å². The Morgan fingerprint density at radius 1 is 1.16 bits per heavy atom. The molecule has 0 aromatic heterocycles. The molecule has 1 saturated heterocycles. The number of aliphatic carboxylic acids is 1. The van der Waals surface area contributed by atoms with Crippen LogP contribution in [-0.4, -0.2) is 34.0 Å². The largest absolute Gasteiger partial charge is 0.480 e. The Bertz CT molecular complexity index is 1000. The number of urea groups is 1. The van der Waals surface area contributed by atoms with E-state index in [2.05, 4.69) is 11.9 Å². The minimum absolute atomic E-state index is 0.178. The highest BCUT2D eigenvalue weighted by atomic mass is 32.2. The molecule has 1 fully saturated rings. The average Bonchev–Trinajstić information content (AvgIpc) is 2.78. The summed E-state index contributed by atoms with van der Waals surface area (Å²) in [7, 11) is 0. The van der Waals surface area contributed by atoms with Crippen molar-refractivity contribution in [2.24, 2.45) is 11.7 Å². The second-order valence-corrected chi connectivity index (χ2v) is 8.58. The van der Waals surface area contributed by atoms with Crippen molar-refractivity contribution >= 4 is 29.7 Å². The van der Waals surface area contributed by atoms with Gasteiger partial charge in [0.25, 0.3) is 0 Å². The molecular weight excluding hydrogens is 426 g/mol. The molecule has 2 aromatic rings. The Kier molecular flexibility index (Phi) is 7.37. The monoisotopic (exact) mass is 451 g/mol. The summed E-state index contributed by atoms with van der Waals surface area (Å²) in [6.07, 6.45) is 1.94. The molecule has 2 aromatic carbocycles. The van der Waals surface area contributed by atoms with Gasteiger partial charge in [0, 0.05) is 0 Å². The number of carbonyl (C=O) groups excluding carboxylic acids is 2. The van der Waals surface area contributed by atoms with Crippen molar-refractivity contribution in [2.45, 2.75) is 25.4 Å². The third-order valence-corrected chi connectivity index (χ3v) is 6.15. The van der Waals surface area contributed by atoms with E-state index >= 15 is 0 Å². The Morgan fingerprint density at radius 3 is 2.12 bits per heavy atom. The van der Waals surface area contributed by atoms with E-state index in [0.717, 1.165) is 20.9 Å². The third-order valence-electron chi connectivity index (χ3n) is 5.22. The number of nitrogens with zero attached hydrogens (tertiary/aromatic N) is 1. The Balaban J connectivity index is 1.81. The first kappa shape index (κ1) is 23.1. The zero-order valence-electron chi connectivity index (χ0n) is 17.6. The van der Waals surface area contributed by atoms with Crippen LogP contribution in [0.4, 0.5) is 4.79 Å². The first-order valence-corrected chi connectivity index (χ1v) is 10.9. The van der Waals surface area contributed by atoms with Gasteiger partial charge in [0.1, 0.15) is 0 Å². The van der Waals surface area contributed by atoms with Crippen LogP contribution in [0.5, 0.6) is 0 Å². The van der Waals surface area contributed by atoms with Crippen molar-refractivity contribution in [3.05, 3.63) is 94.4 Å². The van der Waals surface area contributed by atoms with Crippen molar-refractivity contribution < 1.29 is 19.5 Å². The number of hydrogen-bond acceptors (Lipinski definition) is 5. The Hall–Kier alpha value is -3.52. The van der Waals surface area contributed by atoms with Crippen LogP contribution in [0.1, 0.15) is 30.5 Å². The van der Waals surface area contributed by atoms with Gasteiger partial charge in [-0.3, -0.25) is 4.79 Å². The van der Waals surface area contributed by atoms with E-state index in [0.29, 0.717) is 5.03 Å². The molecule has 3 amide bonds. The van der Waals surface area contributed by atoms with Crippen molar-refractivity contribution in [3.8, 4) is 0 Å². The van der Waals surface area contributed by atoms with Gasteiger partial charge in [0.15, 0.2) is 6.04 Å². The number of carboxylic acids is 1. The number of carboxylic acid groups (broad SMARTS) is 1. The van der Waals surface area contributed by atoms with Crippen LogP contribution in [0, 0.1) is 5.92 Å². The molecule has 4 N–H and O–H groups in total. The number of nitrogens with two attached hydrogens (primary N) is 1. The summed E-state index contributed by atoms with van der Waals surface area (Å²) in [6.45, 7) is 5.40. The zero-order chi connectivity index (χ0) is 23.3. The number of β-lactam (4-membered cyclic amide) rings is 1. The van der Waals surface area contributed by atoms with Crippen molar-refractivity contribution in [3.63, 3.8) is 0 Å². The van der Waals surface area contributed by atoms with Crippen LogP contribution in [0.25, 0.3) is 0 Å². The molecule has 0 spiro atoms. The summed E-state index contributed by atoms with van der Waals surface area (Å²) in [5, 5.41) is 12.9. The summed E-state index contributed by atoms with van der Waals surface area (Å²) in [6, 6.07) is 16.1. The maximum Gasteiger partial charge on any atom is 0.327 e. The molecule has 3 rings (SSSR count). The lowest BCUT2D eigenvalue weighted by molar-refractivity contribution is -0.165. The minimum Gasteiger partial charge on any atom is -0.480 e. The lowest BCUT2D eigenvalue weighted by Crippen LogP contribution is -2.68. The van der Waals surface area contributed by atoms with Gasteiger partial charge in [-0.25, -0.2) is 14.5 Å². The van der Waals surface area contributed by atoms with Crippen LogP contribution in [0.15, 0.2) is 83.3 Å². The summed E-state index contributed by atoms with van der Waals surface area (Å²) >= 11 is 1.19. The van der Waals surface area contributed by atoms with E-state index in [1.807, 2.05) is 60.7 Å². The van der Waals surface area contributed by atoms with Gasteiger partial charge >= 0.3 is 12.0 Å². The fraction of sp³-hybridized carbons (Fsp3) is 0.208. The third kappa shape index (κ3) is 5.03. The molecule has 7 nitrogen and oxygen atoms in total. The van der Waals surface area contributed by atoms with Crippen LogP contribution < -0.4 is 11.1 Å². The van der Waals surface area contributed by atoms with E-state index in [1.54, 1.807) is 13.0 Å². The number of likely N-dealkylation sites (tertiary alicyclic amines) is 1. The average molecular weight is 452 g/mol. The number of allylic oxidation sites excluding steroid dienone is 2. The van der Waals surface area contributed by atoms with Gasteiger partial charge in [-0.1, -0.05) is 85.1 Å². The van der Waals surface area contributed by atoms with Crippen LogP contribution in [0.3, 0.4) is 0 Å². The van der Waals surface area contributed by atoms with Crippen LogP contribution in [-0.2, 0) is 9.59 Å². The second-order valence-electron chi connectivity index (χ2n) is 7.33. The molecule has 166 valence electrons. The van der Waals surface area contributed by atoms with Gasteiger partial charge in [-0.05, 0) is 29.4 Å². The molecule has 0 radical (unpaired) electrons. The number of hydrogen-bond donors (Lipinski definition) is 3. The predicted molar refractivity (Wildman–Crippen MR) is 124 cm³/mol. The molecule has 1 aliphatic rings. The molecule has 2 atom stereocenters. The number of rotatable bonds is 8. The summed E-state index contributed by atoms with van der Waals surface area (Å²) in [5.41, 5.74) is 7.26. The summed E-state index contributed by atoms with van der Waals surface area (Å²) in [4.78, 5) is 39.3. The quantitative estimate of drug-likeness (QED) is 0.526. The van der Waals surface area contributed by atoms with E-state index in [9.17, 15) is 19.5 Å². The van der Waals surface area contributed by atoms with Gasteiger partial charge in [0.2, 0.25) is 5.91 Å². The smallest absolute Gasteiger partial charge is 0.327 e. The first-order chi connectivity index (χ1) is 15.3. The molecular formula is C24H25N3O4S. The summed E-state index contributed by atoms with van der Waals surface area (Å²) in [5.74, 6) is -2.60. The lowest BCUT2D eigenvalue weighted by Gasteiger charge is -2.43. The SMILES string of the molecule is C=C(N)S/C(=C\C)C[C@H]1C(=O)N(C(=O)NC(c2ccccc2)c2ccccc2)C1C(=O)O. The molecule has 32 heavy (non-hydrogen) atoms. The van der Waals surface area contributed by atoms with Gasteiger partial charge in [0.05, 0.1) is 17.0 Å². The van der Waals surface area contributed by atoms with E-state index < -0.39 is 35.9 Å². The van der Waals surface area contributed by atoms with Gasteiger partial charge in [-0.2, -0.15) is 0 Å². The Morgan fingerprint density at radius 2 is 1.69 bits per heavy atom. The molecule has 1 unspecified atom stereocenters. The number of imide groups is 1. The molecule has 0 bridgehead atoms. The fourth-order valence-electron chi connectivity index (χ4n) is 3.70. The molecule has 8 heteroatoms. The molecule has 1 heterocycles. The number of benzene rings is 2. The highest BCUT2D eigenvalue weighted by molar-refractivity contribution is 8.06. The van der Waals surface area contributed by atoms with E-state index in [4.69, 9.17) is 5.73 Å². The lowest BCUT2D eigenvalue weighted by atomic mass is 9.84. The predicted octanol–water partition coefficient (Wildman–Crippen LogP) is 3.85. The number of amides is 3. The maximum atomic E-state index is 13.1. The van der Waals surface area contributed by atoms with Gasteiger partial charge < -0.3 is 16.2 Å². The van der Waals surface area contributed by atoms with Crippen molar-refractivity contribution in [1.29, 1.82) is 0 Å². The van der Waals surface area contributed by atoms with E-state index in [-0.39, 0.29) is 6.42 Å². The normalized spacial score (nSPS) is 18.2. The highest BCUT2D eigenvalue weighted by Gasteiger charge is 2.55. The summed E-state index contributed by atoms with van der Waals surface area (Å²) < 4.78 is 0. The van der Waals surface area contributed by atoms with Crippen LogP contribution >= 0.6 is 11.8 Å². The number of thioether (sulfide) groups is 1. The second kappa shape index (κ2) is 10.2. The standard InChI is InChI=1S/C24H25N3O4S/c1-3-18(32-15(2)25)14-19-21(23(29)30)27(22(19)28)24(31)26-20(16-10-6-4-7-11-16)17-12-8-5-9-13-17/h3-13,19-21H,2,14,25H2,1H3,(H,26,31)(H,29,30)/b18-3-/t19-,21?/m1/s1. The molecule has 0 aliphatic carbocycles. The number of nitrogens with one attached hydrogen (secondary N) is 1. The molecule has 1 aliphatic heterocycles. The topological polar surface area (TPSA) is 113 Å². The maximum absolute atomic E-state index is 13.1.